The Balaban J connectivity index is 2.43. The van der Waals surface area contributed by atoms with Crippen LogP contribution in [0.2, 0.25) is 0 Å². The molecule has 4 nitrogen and oxygen atoms in total. The number of rotatable bonds is 4. The number of aliphatic hydroxyl groups excluding tert-OH is 1. The van der Waals surface area contributed by atoms with Crippen LogP contribution in [0, 0.1) is 11.8 Å². The van der Waals surface area contributed by atoms with E-state index in [0.717, 1.165) is 19.3 Å². The lowest BCUT2D eigenvalue weighted by molar-refractivity contribution is -0.126. The van der Waals surface area contributed by atoms with E-state index >= 15 is 0 Å². The molecule has 4 unspecified atom stereocenters. The summed E-state index contributed by atoms with van der Waals surface area (Å²) in [6.45, 7) is 3.84. The third-order valence-corrected chi connectivity index (χ3v) is 3.42. The molecule has 0 bridgehead atoms. The third kappa shape index (κ3) is 3.18. The van der Waals surface area contributed by atoms with E-state index in [1.165, 1.54) is 0 Å². The van der Waals surface area contributed by atoms with E-state index in [2.05, 4.69) is 5.32 Å². The van der Waals surface area contributed by atoms with Gasteiger partial charge in [0.1, 0.15) is 0 Å². The maximum atomic E-state index is 11.7. The Morgan fingerprint density at radius 3 is 2.73 bits per heavy atom. The highest BCUT2D eigenvalue weighted by atomic mass is 16.3. The zero-order chi connectivity index (χ0) is 11.4. The molecule has 0 heterocycles. The fraction of sp³-hybridized carbons (Fsp3) is 0.909. The quantitative estimate of drug-likeness (QED) is 0.628. The average Bonchev–Trinajstić information content (AvgIpc) is 2.63. The van der Waals surface area contributed by atoms with E-state index in [1.807, 2.05) is 13.8 Å². The van der Waals surface area contributed by atoms with Gasteiger partial charge in [-0.05, 0) is 19.8 Å². The van der Waals surface area contributed by atoms with Crippen molar-refractivity contribution < 1.29 is 9.90 Å². The van der Waals surface area contributed by atoms with Crippen LogP contribution >= 0.6 is 0 Å². The molecule has 0 spiro atoms. The summed E-state index contributed by atoms with van der Waals surface area (Å²) >= 11 is 0. The molecule has 0 saturated heterocycles. The lowest BCUT2D eigenvalue weighted by Gasteiger charge is -2.22. The summed E-state index contributed by atoms with van der Waals surface area (Å²) in [7, 11) is 0. The molecule has 1 aliphatic carbocycles. The van der Waals surface area contributed by atoms with E-state index in [1.54, 1.807) is 0 Å². The first-order chi connectivity index (χ1) is 7.06. The van der Waals surface area contributed by atoms with Gasteiger partial charge in [-0.3, -0.25) is 4.79 Å². The van der Waals surface area contributed by atoms with Crippen LogP contribution in [0.4, 0.5) is 0 Å². The normalized spacial score (nSPS) is 29.9. The highest BCUT2D eigenvalue weighted by Gasteiger charge is 2.29. The van der Waals surface area contributed by atoms with Crippen molar-refractivity contribution in [3.05, 3.63) is 0 Å². The van der Waals surface area contributed by atoms with E-state index in [0.29, 0.717) is 0 Å². The highest BCUT2D eigenvalue weighted by molar-refractivity contribution is 5.79. The number of carbonyl (C=O) groups excluding carboxylic acids is 1. The van der Waals surface area contributed by atoms with E-state index < -0.39 is 0 Å². The average molecular weight is 214 g/mol. The maximum absolute atomic E-state index is 11.7. The molecule has 4 heteroatoms. The van der Waals surface area contributed by atoms with Crippen molar-refractivity contribution in [3.63, 3.8) is 0 Å². The number of hydrogen-bond acceptors (Lipinski definition) is 3. The monoisotopic (exact) mass is 214 g/mol. The van der Waals surface area contributed by atoms with Crippen LogP contribution < -0.4 is 11.1 Å². The molecule has 4 atom stereocenters. The summed E-state index contributed by atoms with van der Waals surface area (Å²) < 4.78 is 0. The highest BCUT2D eigenvalue weighted by Crippen LogP contribution is 2.25. The molecule has 4 N–H and O–H groups in total. The van der Waals surface area contributed by atoms with Crippen molar-refractivity contribution in [2.45, 2.75) is 45.2 Å². The lowest BCUT2D eigenvalue weighted by Crippen LogP contribution is -2.45. The molecule has 1 saturated carbocycles. The Kier molecular flexibility index (Phi) is 4.54. The van der Waals surface area contributed by atoms with Crippen molar-refractivity contribution in [3.8, 4) is 0 Å². The van der Waals surface area contributed by atoms with Gasteiger partial charge in [-0.1, -0.05) is 13.3 Å². The molecule has 88 valence electrons. The molecule has 1 aliphatic rings. The predicted octanol–water partition coefficient (Wildman–Crippen LogP) is 0.247. The SMILES string of the molecule is CC(N)C(C)C(=O)NC1CCCC1CO. The van der Waals surface area contributed by atoms with Gasteiger partial charge in [0.05, 0.1) is 0 Å². The number of carbonyl (C=O) groups is 1. The predicted molar refractivity (Wildman–Crippen MR) is 59.2 cm³/mol. The minimum Gasteiger partial charge on any atom is -0.396 e. The molecule has 0 aromatic heterocycles. The second kappa shape index (κ2) is 5.47. The summed E-state index contributed by atoms with van der Waals surface area (Å²) in [6.07, 6.45) is 3.07. The molecule has 15 heavy (non-hydrogen) atoms. The maximum Gasteiger partial charge on any atom is 0.224 e. The van der Waals surface area contributed by atoms with E-state index in [-0.39, 0.29) is 36.4 Å². The van der Waals surface area contributed by atoms with Crippen LogP contribution in [0.25, 0.3) is 0 Å². The largest absolute Gasteiger partial charge is 0.396 e. The molecule has 1 amide bonds. The van der Waals surface area contributed by atoms with E-state index in [4.69, 9.17) is 10.8 Å². The molecular weight excluding hydrogens is 192 g/mol. The number of aliphatic hydroxyl groups is 1. The first kappa shape index (κ1) is 12.5. The summed E-state index contributed by atoms with van der Waals surface area (Å²) in [5.74, 6) is 0.0783. The van der Waals surface area contributed by atoms with Crippen molar-refractivity contribution in [1.29, 1.82) is 0 Å². The molecule has 1 fully saturated rings. The molecular formula is C11H22N2O2. The molecule has 0 aliphatic heterocycles. The Morgan fingerprint density at radius 2 is 2.20 bits per heavy atom. The Hall–Kier alpha value is -0.610. The fourth-order valence-electron chi connectivity index (χ4n) is 2.00. The summed E-state index contributed by atoms with van der Waals surface area (Å²) in [4.78, 5) is 11.7. The van der Waals surface area contributed by atoms with Gasteiger partial charge >= 0.3 is 0 Å². The van der Waals surface area contributed by atoms with Gasteiger partial charge in [0.2, 0.25) is 5.91 Å². The lowest BCUT2D eigenvalue weighted by atomic mass is 10.0. The topological polar surface area (TPSA) is 75.4 Å². The van der Waals surface area contributed by atoms with Crippen LogP contribution in [0.15, 0.2) is 0 Å². The number of amides is 1. The van der Waals surface area contributed by atoms with Crippen molar-refractivity contribution >= 4 is 5.91 Å². The first-order valence-electron chi connectivity index (χ1n) is 5.73. The van der Waals surface area contributed by atoms with Crippen LogP contribution in [-0.4, -0.2) is 29.7 Å². The third-order valence-electron chi connectivity index (χ3n) is 3.42. The van der Waals surface area contributed by atoms with Crippen molar-refractivity contribution in [2.75, 3.05) is 6.61 Å². The van der Waals surface area contributed by atoms with Crippen LogP contribution in [0.3, 0.4) is 0 Å². The van der Waals surface area contributed by atoms with Crippen molar-refractivity contribution in [2.24, 2.45) is 17.6 Å². The minimum atomic E-state index is -0.162. The van der Waals surface area contributed by atoms with Gasteiger partial charge in [-0.2, -0.15) is 0 Å². The zero-order valence-corrected chi connectivity index (χ0v) is 9.57. The van der Waals surface area contributed by atoms with Crippen LogP contribution in [0.5, 0.6) is 0 Å². The number of nitrogens with one attached hydrogen (secondary N) is 1. The standard InChI is InChI=1S/C11H22N2O2/c1-7(8(2)12)11(15)13-10-5-3-4-9(10)6-14/h7-10,14H,3-6,12H2,1-2H3,(H,13,15). The summed E-state index contributed by atoms with van der Waals surface area (Å²) in [5, 5.41) is 12.1. The first-order valence-corrected chi connectivity index (χ1v) is 5.73. The summed E-state index contributed by atoms with van der Waals surface area (Å²) in [6, 6.07) is 0.0164. The Labute approximate surface area is 91.2 Å². The Morgan fingerprint density at radius 1 is 1.53 bits per heavy atom. The second-order valence-electron chi connectivity index (χ2n) is 4.64. The van der Waals surface area contributed by atoms with E-state index in [9.17, 15) is 4.79 Å². The summed E-state index contributed by atoms with van der Waals surface area (Å²) in [5.41, 5.74) is 5.67. The van der Waals surface area contributed by atoms with Crippen LogP contribution in [-0.2, 0) is 4.79 Å². The van der Waals surface area contributed by atoms with Gasteiger partial charge in [0.15, 0.2) is 0 Å². The van der Waals surface area contributed by atoms with Gasteiger partial charge < -0.3 is 16.2 Å². The molecule has 0 aromatic rings. The smallest absolute Gasteiger partial charge is 0.224 e. The number of nitrogens with two attached hydrogens (primary N) is 1. The fourth-order valence-corrected chi connectivity index (χ4v) is 2.00. The van der Waals surface area contributed by atoms with Gasteiger partial charge in [0.25, 0.3) is 0 Å². The minimum absolute atomic E-state index is 0.00958. The molecule has 0 radical (unpaired) electrons. The molecule has 0 aromatic carbocycles. The van der Waals surface area contributed by atoms with Gasteiger partial charge in [-0.15, -0.1) is 0 Å². The second-order valence-corrected chi connectivity index (χ2v) is 4.64. The zero-order valence-electron chi connectivity index (χ0n) is 9.57. The Bertz CT molecular complexity index is 219. The van der Waals surface area contributed by atoms with Gasteiger partial charge in [-0.25, -0.2) is 0 Å². The van der Waals surface area contributed by atoms with Crippen LogP contribution in [0.1, 0.15) is 33.1 Å². The number of hydrogen-bond donors (Lipinski definition) is 3. The molecule has 1 rings (SSSR count). The van der Waals surface area contributed by atoms with Gasteiger partial charge in [0, 0.05) is 30.5 Å². The van der Waals surface area contributed by atoms with Crippen molar-refractivity contribution in [1.82, 2.24) is 5.32 Å².